The number of hydrogen-bond donors (Lipinski definition) is 2. The Morgan fingerprint density at radius 1 is 0.639 bits per heavy atom. The highest BCUT2D eigenvalue weighted by Crippen LogP contribution is 2.43. The van der Waals surface area contributed by atoms with Gasteiger partial charge >= 0.3 is 0 Å². The summed E-state index contributed by atoms with van der Waals surface area (Å²) in [6, 6.07) is 25.4. The van der Waals surface area contributed by atoms with Crippen molar-refractivity contribution in [3.8, 4) is 0 Å². The first kappa shape index (κ1) is 20.7. The molecular formula is C32H24N4. The maximum atomic E-state index is 4.95. The van der Waals surface area contributed by atoms with Crippen LogP contribution in [0.2, 0.25) is 0 Å². The maximum absolute atomic E-state index is 4.95. The molecule has 36 heavy (non-hydrogen) atoms. The van der Waals surface area contributed by atoms with Gasteiger partial charge in [0.15, 0.2) is 0 Å². The van der Waals surface area contributed by atoms with Crippen molar-refractivity contribution in [2.24, 2.45) is 9.98 Å². The van der Waals surface area contributed by atoms with E-state index < -0.39 is 5.54 Å². The molecule has 0 saturated carbocycles. The molecule has 4 aliphatic rings. The number of benzene rings is 2. The van der Waals surface area contributed by atoms with E-state index in [1.54, 1.807) is 0 Å². The van der Waals surface area contributed by atoms with Crippen LogP contribution in [-0.2, 0) is 5.54 Å². The summed E-state index contributed by atoms with van der Waals surface area (Å²) in [5.41, 5.74) is 8.06. The Balaban J connectivity index is 1.47. The van der Waals surface area contributed by atoms with Crippen molar-refractivity contribution in [3.05, 3.63) is 148 Å². The standard InChI is InChI=1S/C32H24N4/c1-3-7-22(8-4-1)30-21-32(23-9-5-2-6-10-23)20-29-16-15-27(35-29)18-25-12-11-24(33-25)17-26-13-14-28(34-26)19-31(30)36-32/h1-20,33,36H,21H2/b24-17-,25-18-,28-19-,29-20-. The molecule has 4 aliphatic heterocycles. The van der Waals surface area contributed by atoms with Crippen LogP contribution in [0.3, 0.4) is 0 Å². The van der Waals surface area contributed by atoms with Crippen molar-refractivity contribution in [3.63, 3.8) is 0 Å². The quantitative estimate of drug-likeness (QED) is 0.569. The van der Waals surface area contributed by atoms with Crippen LogP contribution in [-0.4, -0.2) is 16.4 Å². The average Bonchev–Trinajstić information content (AvgIpc) is 3.70. The topological polar surface area (TPSA) is 52.5 Å². The average molecular weight is 465 g/mol. The Morgan fingerprint density at radius 3 is 2.00 bits per heavy atom. The number of aliphatic imine (C=N–C) groups is 2. The normalized spacial score (nSPS) is 26.6. The minimum absolute atomic E-state index is 0.435. The van der Waals surface area contributed by atoms with Gasteiger partial charge in [-0.3, -0.25) is 0 Å². The molecule has 0 saturated heterocycles. The van der Waals surface area contributed by atoms with E-state index in [1.807, 2.05) is 0 Å². The summed E-state index contributed by atoms with van der Waals surface area (Å²) in [6.07, 6.45) is 17.7. The third kappa shape index (κ3) is 3.73. The maximum Gasteiger partial charge on any atom is 0.0874 e. The fourth-order valence-electron chi connectivity index (χ4n) is 5.26. The number of nitrogens with one attached hydrogen (secondary N) is 2. The third-order valence-electron chi connectivity index (χ3n) is 6.94. The van der Waals surface area contributed by atoms with Gasteiger partial charge < -0.3 is 10.3 Å². The highest BCUT2D eigenvalue weighted by atomic mass is 15.0. The Bertz CT molecular complexity index is 1710. The highest BCUT2D eigenvalue weighted by Gasteiger charge is 2.38. The number of fused-ring (bicyclic) bond motifs is 6. The van der Waals surface area contributed by atoms with Crippen molar-refractivity contribution in [1.29, 1.82) is 0 Å². The zero-order valence-electron chi connectivity index (χ0n) is 19.6. The van der Waals surface area contributed by atoms with Crippen LogP contribution in [0.4, 0.5) is 0 Å². The zero-order chi connectivity index (χ0) is 24.0. The molecule has 2 N–H and O–H groups in total. The molecule has 2 aromatic carbocycles. The van der Waals surface area contributed by atoms with Crippen molar-refractivity contribution >= 4 is 29.1 Å². The predicted octanol–water partition coefficient (Wildman–Crippen LogP) is 4.68. The van der Waals surface area contributed by atoms with E-state index >= 15 is 0 Å². The second-order valence-electron chi connectivity index (χ2n) is 9.43. The molecule has 3 aromatic rings. The smallest absolute Gasteiger partial charge is 0.0874 e. The molecule has 0 aliphatic carbocycles. The third-order valence-corrected chi connectivity index (χ3v) is 6.94. The Kier molecular flexibility index (Phi) is 4.71. The van der Waals surface area contributed by atoms with E-state index in [4.69, 9.17) is 9.98 Å². The minimum Gasteiger partial charge on any atom is -0.371 e. The molecule has 1 atom stereocenters. The molecule has 0 amide bonds. The van der Waals surface area contributed by atoms with Crippen molar-refractivity contribution in [2.45, 2.75) is 12.0 Å². The largest absolute Gasteiger partial charge is 0.371 e. The van der Waals surface area contributed by atoms with Gasteiger partial charge in [0.05, 0.1) is 28.4 Å². The second-order valence-corrected chi connectivity index (χ2v) is 9.43. The van der Waals surface area contributed by atoms with Crippen LogP contribution in [0.25, 0.3) is 17.7 Å². The van der Waals surface area contributed by atoms with Gasteiger partial charge in [-0.05, 0) is 77.4 Å². The fraction of sp³-hybridized carbons (Fsp3) is 0.0625. The molecule has 0 fully saturated rings. The molecule has 172 valence electrons. The lowest BCUT2D eigenvalue weighted by molar-refractivity contribution is 0.506. The first-order valence-corrected chi connectivity index (χ1v) is 12.2. The van der Waals surface area contributed by atoms with Gasteiger partial charge in [-0.2, -0.15) is 0 Å². The van der Waals surface area contributed by atoms with Gasteiger partial charge in [0.2, 0.25) is 0 Å². The van der Waals surface area contributed by atoms with Crippen molar-refractivity contribution in [1.82, 2.24) is 10.3 Å². The lowest BCUT2D eigenvalue weighted by Gasteiger charge is -2.29. The lowest BCUT2D eigenvalue weighted by Crippen LogP contribution is -2.35. The summed E-state index contributed by atoms with van der Waals surface area (Å²) in [6.45, 7) is 0. The SMILES string of the molecule is C1=C/C2=C/C3=C(c4ccccc4)CC(c4ccccc4)(/C=C4/C=CC(=N4)/C=c4/cc/c([nH]4)=C/C1=N2)N3. The Hall–Kier alpha value is -4.70. The van der Waals surface area contributed by atoms with Crippen LogP contribution < -0.4 is 16.0 Å². The second kappa shape index (κ2) is 8.21. The highest BCUT2D eigenvalue weighted by molar-refractivity contribution is 6.20. The molecule has 0 spiro atoms. The first-order chi connectivity index (χ1) is 17.7. The van der Waals surface area contributed by atoms with Gasteiger partial charge in [0.1, 0.15) is 0 Å². The van der Waals surface area contributed by atoms with Crippen LogP contribution >= 0.6 is 0 Å². The van der Waals surface area contributed by atoms with Crippen molar-refractivity contribution < 1.29 is 0 Å². The van der Waals surface area contributed by atoms with Crippen LogP contribution in [0.1, 0.15) is 17.5 Å². The number of nitrogens with zero attached hydrogens (tertiary/aromatic N) is 2. The summed E-state index contributed by atoms with van der Waals surface area (Å²) in [7, 11) is 0. The number of rotatable bonds is 2. The van der Waals surface area contributed by atoms with E-state index in [0.29, 0.717) is 0 Å². The lowest BCUT2D eigenvalue weighted by atomic mass is 9.84. The molecular weight excluding hydrogens is 440 g/mol. The molecule has 8 bridgehead atoms. The molecule has 1 aromatic heterocycles. The number of aromatic nitrogens is 1. The monoisotopic (exact) mass is 464 g/mol. The van der Waals surface area contributed by atoms with E-state index in [9.17, 15) is 0 Å². The molecule has 7 rings (SSSR count). The Morgan fingerprint density at radius 2 is 1.28 bits per heavy atom. The van der Waals surface area contributed by atoms with Crippen LogP contribution in [0.5, 0.6) is 0 Å². The van der Waals surface area contributed by atoms with E-state index in [2.05, 4.69) is 132 Å². The molecule has 1 unspecified atom stereocenters. The van der Waals surface area contributed by atoms with Gasteiger partial charge in [-0.25, -0.2) is 9.98 Å². The van der Waals surface area contributed by atoms with E-state index in [-0.39, 0.29) is 0 Å². The van der Waals surface area contributed by atoms with Gasteiger partial charge in [-0.15, -0.1) is 0 Å². The number of H-pyrrole nitrogens is 1. The van der Waals surface area contributed by atoms with Gasteiger partial charge in [-0.1, -0.05) is 60.7 Å². The van der Waals surface area contributed by atoms with Gasteiger partial charge in [0, 0.05) is 22.8 Å². The summed E-state index contributed by atoms with van der Waals surface area (Å²) >= 11 is 0. The van der Waals surface area contributed by atoms with E-state index in [0.717, 1.165) is 45.6 Å². The zero-order valence-corrected chi connectivity index (χ0v) is 19.6. The van der Waals surface area contributed by atoms with Crippen LogP contribution in [0, 0.1) is 0 Å². The predicted molar refractivity (Wildman–Crippen MR) is 148 cm³/mol. The van der Waals surface area contributed by atoms with E-state index in [1.165, 1.54) is 16.7 Å². The molecule has 5 heterocycles. The Labute approximate surface area is 209 Å². The molecule has 4 nitrogen and oxygen atoms in total. The molecule has 4 heteroatoms. The summed E-state index contributed by atoms with van der Waals surface area (Å²) in [5, 5.41) is 5.95. The van der Waals surface area contributed by atoms with Gasteiger partial charge in [0.25, 0.3) is 0 Å². The molecule has 0 radical (unpaired) electrons. The summed E-state index contributed by atoms with van der Waals surface area (Å²) < 4.78 is 0. The number of aromatic amines is 1. The number of allylic oxidation sites excluding steroid dienone is 5. The van der Waals surface area contributed by atoms with Crippen LogP contribution in [0.15, 0.2) is 136 Å². The van der Waals surface area contributed by atoms with Crippen molar-refractivity contribution in [2.75, 3.05) is 0 Å². The number of hydrogen-bond acceptors (Lipinski definition) is 3. The first-order valence-electron chi connectivity index (χ1n) is 12.2. The summed E-state index contributed by atoms with van der Waals surface area (Å²) in [5.74, 6) is 0. The summed E-state index contributed by atoms with van der Waals surface area (Å²) in [4.78, 5) is 13.3. The fourth-order valence-corrected chi connectivity index (χ4v) is 5.26. The minimum atomic E-state index is -0.435.